The van der Waals surface area contributed by atoms with E-state index in [2.05, 4.69) is 22.6 Å². The second-order valence-electron chi connectivity index (χ2n) is 5.10. The van der Waals surface area contributed by atoms with E-state index in [4.69, 9.17) is 23.2 Å². The molecule has 2 rings (SSSR count). The van der Waals surface area contributed by atoms with Gasteiger partial charge in [-0.2, -0.15) is 0 Å². The highest BCUT2D eigenvalue weighted by molar-refractivity contribution is 14.1. The van der Waals surface area contributed by atoms with Crippen molar-refractivity contribution in [1.29, 1.82) is 0 Å². The van der Waals surface area contributed by atoms with Gasteiger partial charge in [-0.25, -0.2) is 0 Å². The highest BCUT2D eigenvalue weighted by Gasteiger charge is 2.26. The van der Waals surface area contributed by atoms with E-state index < -0.39 is 0 Å². The molecule has 1 fully saturated rings. The minimum atomic E-state index is 0.0597. The Kier molecular flexibility index (Phi) is 6.43. The molecule has 1 aliphatic rings. The summed E-state index contributed by atoms with van der Waals surface area (Å²) in [7, 11) is 0. The van der Waals surface area contributed by atoms with Crippen LogP contribution in [0.3, 0.4) is 0 Å². The number of benzene rings is 1. The lowest BCUT2D eigenvalue weighted by Crippen LogP contribution is -2.42. The molecule has 0 heterocycles. The molecule has 1 aliphatic carbocycles. The number of carbonyl (C=O) groups is 1. The van der Waals surface area contributed by atoms with Crippen molar-refractivity contribution in [2.45, 2.75) is 38.1 Å². The SMILES string of the molecule is O=C(c1cc(Cl)ccc1I)N(CCCl)C1CCCCC1. The Balaban J connectivity index is 2.23. The van der Waals surface area contributed by atoms with E-state index in [0.717, 1.165) is 16.4 Å². The lowest BCUT2D eigenvalue weighted by Gasteiger charge is -2.34. The Bertz CT molecular complexity index is 475. The predicted molar refractivity (Wildman–Crippen MR) is 92.8 cm³/mol. The summed E-state index contributed by atoms with van der Waals surface area (Å²) >= 11 is 14.1. The molecule has 0 radical (unpaired) electrons. The number of alkyl halides is 1. The Morgan fingerprint density at radius 1 is 1.30 bits per heavy atom. The Hall–Kier alpha value is -0.000000000000000111. The summed E-state index contributed by atoms with van der Waals surface area (Å²) in [6, 6.07) is 5.78. The number of rotatable bonds is 4. The quantitative estimate of drug-likeness (QED) is 0.493. The third-order valence-corrected chi connectivity index (χ3v) is 5.11. The molecule has 0 unspecified atom stereocenters. The van der Waals surface area contributed by atoms with Crippen LogP contribution in [0.4, 0.5) is 0 Å². The van der Waals surface area contributed by atoms with Crippen molar-refractivity contribution in [3.05, 3.63) is 32.4 Å². The smallest absolute Gasteiger partial charge is 0.255 e. The van der Waals surface area contributed by atoms with Gasteiger partial charge in [-0.1, -0.05) is 30.9 Å². The molecule has 1 amide bonds. The lowest BCUT2D eigenvalue weighted by molar-refractivity contribution is 0.0648. The molecule has 5 heteroatoms. The molecule has 2 nitrogen and oxygen atoms in total. The van der Waals surface area contributed by atoms with Crippen LogP contribution in [-0.4, -0.2) is 29.3 Å². The number of nitrogens with zero attached hydrogens (tertiary/aromatic N) is 1. The van der Waals surface area contributed by atoms with Crippen LogP contribution in [-0.2, 0) is 0 Å². The molecule has 0 aliphatic heterocycles. The summed E-state index contributed by atoms with van der Waals surface area (Å²) in [5, 5.41) is 0.600. The average molecular weight is 426 g/mol. The number of amides is 1. The molecule has 1 saturated carbocycles. The zero-order chi connectivity index (χ0) is 14.5. The van der Waals surface area contributed by atoms with Crippen molar-refractivity contribution >= 4 is 51.7 Å². The fourth-order valence-corrected chi connectivity index (χ4v) is 3.67. The molecule has 0 atom stereocenters. The molecular formula is C15H18Cl2INO. The fourth-order valence-electron chi connectivity index (χ4n) is 2.75. The number of carbonyl (C=O) groups excluding carboxylic acids is 1. The van der Waals surface area contributed by atoms with Crippen molar-refractivity contribution < 1.29 is 4.79 Å². The van der Waals surface area contributed by atoms with Gasteiger partial charge < -0.3 is 4.90 Å². The molecule has 1 aromatic rings. The summed E-state index contributed by atoms with van der Waals surface area (Å²) in [6.07, 6.45) is 5.83. The normalized spacial score (nSPS) is 16.1. The standard InChI is InChI=1S/C15H18Cl2INO/c16-8-9-19(12-4-2-1-3-5-12)15(20)13-10-11(17)6-7-14(13)18/h6-7,10,12H,1-5,8-9H2. The van der Waals surface area contributed by atoms with Gasteiger partial charge in [0.15, 0.2) is 0 Å². The number of hydrogen-bond donors (Lipinski definition) is 0. The fraction of sp³-hybridized carbons (Fsp3) is 0.533. The van der Waals surface area contributed by atoms with Gasteiger partial charge in [-0.15, -0.1) is 11.6 Å². The summed E-state index contributed by atoms with van der Waals surface area (Å²) < 4.78 is 0.937. The Labute approximate surface area is 143 Å². The minimum absolute atomic E-state index is 0.0597. The third kappa shape index (κ3) is 4.01. The van der Waals surface area contributed by atoms with Gasteiger partial charge in [-0.3, -0.25) is 4.79 Å². The summed E-state index contributed by atoms with van der Waals surface area (Å²) in [6.45, 7) is 0.605. The highest BCUT2D eigenvalue weighted by atomic mass is 127. The van der Waals surface area contributed by atoms with Crippen molar-refractivity contribution in [1.82, 2.24) is 4.90 Å². The second kappa shape index (κ2) is 7.85. The van der Waals surface area contributed by atoms with Crippen LogP contribution in [0.15, 0.2) is 18.2 Å². The van der Waals surface area contributed by atoms with Crippen LogP contribution >= 0.6 is 45.8 Å². The van der Waals surface area contributed by atoms with Gasteiger partial charge in [0.2, 0.25) is 0 Å². The summed E-state index contributed by atoms with van der Waals surface area (Å²) in [5.41, 5.74) is 0.689. The highest BCUT2D eigenvalue weighted by Crippen LogP contribution is 2.26. The van der Waals surface area contributed by atoms with Crippen LogP contribution in [0.2, 0.25) is 5.02 Å². The average Bonchev–Trinajstić information content (AvgIpc) is 2.47. The van der Waals surface area contributed by atoms with Gasteiger partial charge in [-0.05, 0) is 53.6 Å². The molecule has 1 aromatic carbocycles. The minimum Gasteiger partial charge on any atom is -0.334 e. The Morgan fingerprint density at radius 2 is 2.00 bits per heavy atom. The maximum absolute atomic E-state index is 12.8. The summed E-state index contributed by atoms with van der Waals surface area (Å²) in [4.78, 5) is 14.8. The van der Waals surface area contributed by atoms with Crippen molar-refractivity contribution in [2.24, 2.45) is 0 Å². The first-order valence-corrected chi connectivity index (χ1v) is 8.94. The van der Waals surface area contributed by atoms with Gasteiger partial charge in [0.25, 0.3) is 5.91 Å². The number of halogens is 3. The van der Waals surface area contributed by atoms with Gasteiger partial charge in [0.1, 0.15) is 0 Å². The van der Waals surface area contributed by atoms with E-state index in [-0.39, 0.29) is 5.91 Å². The molecule has 0 N–H and O–H groups in total. The largest absolute Gasteiger partial charge is 0.334 e. The van der Waals surface area contributed by atoms with E-state index in [0.29, 0.717) is 29.1 Å². The van der Waals surface area contributed by atoms with Gasteiger partial charge >= 0.3 is 0 Å². The first-order chi connectivity index (χ1) is 9.63. The van der Waals surface area contributed by atoms with Crippen LogP contribution in [0.1, 0.15) is 42.5 Å². The Morgan fingerprint density at radius 3 is 2.65 bits per heavy atom. The molecule has 0 aromatic heterocycles. The van der Waals surface area contributed by atoms with Crippen molar-refractivity contribution in [2.75, 3.05) is 12.4 Å². The zero-order valence-electron chi connectivity index (χ0n) is 11.2. The van der Waals surface area contributed by atoms with Crippen molar-refractivity contribution in [3.8, 4) is 0 Å². The van der Waals surface area contributed by atoms with E-state index in [1.165, 1.54) is 19.3 Å². The number of hydrogen-bond acceptors (Lipinski definition) is 1. The predicted octanol–water partition coefficient (Wildman–Crippen LogP) is 4.96. The molecule has 0 spiro atoms. The zero-order valence-corrected chi connectivity index (χ0v) is 14.9. The van der Waals surface area contributed by atoms with Crippen LogP contribution in [0, 0.1) is 3.57 Å². The van der Waals surface area contributed by atoms with E-state index in [1.807, 2.05) is 17.0 Å². The van der Waals surface area contributed by atoms with E-state index in [9.17, 15) is 4.79 Å². The molecule has 20 heavy (non-hydrogen) atoms. The van der Waals surface area contributed by atoms with E-state index in [1.54, 1.807) is 6.07 Å². The molecule has 110 valence electrons. The van der Waals surface area contributed by atoms with E-state index >= 15 is 0 Å². The topological polar surface area (TPSA) is 20.3 Å². The molecule has 0 bridgehead atoms. The van der Waals surface area contributed by atoms with Crippen LogP contribution < -0.4 is 0 Å². The second-order valence-corrected chi connectivity index (χ2v) is 7.08. The van der Waals surface area contributed by atoms with Gasteiger partial charge in [0.05, 0.1) is 5.56 Å². The lowest BCUT2D eigenvalue weighted by atomic mass is 9.93. The maximum Gasteiger partial charge on any atom is 0.255 e. The van der Waals surface area contributed by atoms with Crippen LogP contribution in [0.25, 0.3) is 0 Å². The molecular weight excluding hydrogens is 408 g/mol. The van der Waals surface area contributed by atoms with Gasteiger partial charge in [0, 0.05) is 27.1 Å². The maximum atomic E-state index is 12.8. The first-order valence-electron chi connectivity index (χ1n) is 6.95. The first kappa shape index (κ1) is 16.4. The monoisotopic (exact) mass is 425 g/mol. The van der Waals surface area contributed by atoms with Crippen LogP contribution in [0.5, 0.6) is 0 Å². The molecule has 0 saturated heterocycles. The van der Waals surface area contributed by atoms with Crippen molar-refractivity contribution in [3.63, 3.8) is 0 Å². The summed E-state index contributed by atoms with van der Waals surface area (Å²) in [5.74, 6) is 0.531. The third-order valence-electron chi connectivity index (χ3n) is 3.76.